The maximum Gasteiger partial charge on any atom is 0.147 e. The van der Waals surface area contributed by atoms with Gasteiger partial charge in [-0.25, -0.2) is 4.98 Å². The average molecular weight is 282 g/mol. The first-order chi connectivity index (χ1) is 8.63. The Bertz CT molecular complexity index is 449. The van der Waals surface area contributed by atoms with Crippen LogP contribution in [0, 0.1) is 0 Å². The van der Waals surface area contributed by atoms with Crippen LogP contribution in [0.25, 0.3) is 0 Å². The molecular weight excluding hydrogens is 269 g/mol. The van der Waals surface area contributed by atoms with Crippen LogP contribution in [0.3, 0.4) is 0 Å². The Morgan fingerprint density at radius 3 is 2.33 bits per heavy atom. The second-order valence-electron chi connectivity index (χ2n) is 4.13. The molecule has 0 spiro atoms. The van der Waals surface area contributed by atoms with Crippen molar-refractivity contribution < 1.29 is 0 Å². The zero-order valence-corrected chi connectivity index (χ0v) is 11.5. The fourth-order valence-corrected chi connectivity index (χ4v) is 1.88. The molecule has 0 atom stereocenters. The Kier molecular flexibility index (Phi) is 4.53. The topological polar surface area (TPSA) is 29.0 Å². The zero-order chi connectivity index (χ0) is 13.0. The summed E-state index contributed by atoms with van der Waals surface area (Å²) in [4.78, 5) is 10.4. The molecule has 1 aromatic heterocycles. The van der Waals surface area contributed by atoms with E-state index in [1.807, 2.05) is 31.3 Å². The summed E-state index contributed by atoms with van der Waals surface area (Å²) in [5, 5.41) is 1.17. The number of hydrogen-bond acceptors (Lipinski definition) is 3. The highest BCUT2D eigenvalue weighted by molar-refractivity contribution is 6.30. The molecule has 0 saturated carbocycles. The van der Waals surface area contributed by atoms with E-state index in [0.29, 0.717) is 5.15 Å². The SMILES string of the molecule is CN(Cc1ccc(Cl)cc1)Cc1cnc(Cl)cn1. The summed E-state index contributed by atoms with van der Waals surface area (Å²) < 4.78 is 0. The molecule has 0 amide bonds. The van der Waals surface area contributed by atoms with E-state index in [1.54, 1.807) is 12.4 Å². The minimum absolute atomic E-state index is 0.416. The second kappa shape index (κ2) is 6.14. The molecule has 0 unspecified atom stereocenters. The van der Waals surface area contributed by atoms with E-state index in [2.05, 4.69) is 14.9 Å². The summed E-state index contributed by atoms with van der Waals surface area (Å²) in [6, 6.07) is 7.83. The first-order valence-electron chi connectivity index (χ1n) is 5.53. The standard InChI is InChI=1S/C13H13Cl2N3/c1-18(8-10-2-4-11(14)5-3-10)9-12-6-17-13(15)7-16-12/h2-7H,8-9H2,1H3. The Labute approximate surface area is 116 Å². The summed E-state index contributed by atoms with van der Waals surface area (Å²) in [6.07, 6.45) is 3.26. The Morgan fingerprint density at radius 1 is 1.00 bits per heavy atom. The van der Waals surface area contributed by atoms with Crippen molar-refractivity contribution in [2.24, 2.45) is 0 Å². The molecule has 0 bridgehead atoms. The smallest absolute Gasteiger partial charge is 0.147 e. The van der Waals surface area contributed by atoms with Crippen molar-refractivity contribution in [2.45, 2.75) is 13.1 Å². The van der Waals surface area contributed by atoms with E-state index in [-0.39, 0.29) is 0 Å². The molecule has 0 saturated heterocycles. The van der Waals surface area contributed by atoms with Crippen molar-refractivity contribution in [3.05, 3.63) is 58.1 Å². The van der Waals surface area contributed by atoms with Gasteiger partial charge < -0.3 is 0 Å². The second-order valence-corrected chi connectivity index (χ2v) is 4.95. The highest BCUT2D eigenvalue weighted by atomic mass is 35.5. The minimum atomic E-state index is 0.416. The van der Waals surface area contributed by atoms with Crippen molar-refractivity contribution in [1.29, 1.82) is 0 Å². The lowest BCUT2D eigenvalue weighted by molar-refractivity contribution is 0.314. The number of benzene rings is 1. The van der Waals surface area contributed by atoms with Gasteiger partial charge in [-0.05, 0) is 24.7 Å². The zero-order valence-electron chi connectivity index (χ0n) is 9.98. The molecular formula is C13H13Cl2N3. The van der Waals surface area contributed by atoms with Crippen LogP contribution in [0.5, 0.6) is 0 Å². The molecule has 2 aromatic rings. The van der Waals surface area contributed by atoms with Gasteiger partial charge in [-0.3, -0.25) is 9.88 Å². The molecule has 0 aliphatic heterocycles. The summed E-state index contributed by atoms with van der Waals surface area (Å²) in [6.45, 7) is 1.56. The van der Waals surface area contributed by atoms with Crippen LogP contribution >= 0.6 is 23.2 Å². The first kappa shape index (κ1) is 13.3. The van der Waals surface area contributed by atoms with Crippen LogP contribution in [-0.2, 0) is 13.1 Å². The van der Waals surface area contributed by atoms with Crippen LogP contribution < -0.4 is 0 Å². The highest BCUT2D eigenvalue weighted by Crippen LogP contribution is 2.12. The van der Waals surface area contributed by atoms with Crippen molar-refractivity contribution in [1.82, 2.24) is 14.9 Å². The van der Waals surface area contributed by atoms with Gasteiger partial charge in [0.25, 0.3) is 0 Å². The molecule has 1 aromatic carbocycles. The van der Waals surface area contributed by atoms with Gasteiger partial charge in [-0.1, -0.05) is 35.3 Å². The number of nitrogens with zero attached hydrogens (tertiary/aromatic N) is 3. The average Bonchev–Trinajstić information content (AvgIpc) is 2.35. The lowest BCUT2D eigenvalue weighted by Crippen LogP contribution is -2.18. The van der Waals surface area contributed by atoms with E-state index in [1.165, 1.54) is 5.56 Å². The molecule has 5 heteroatoms. The number of halogens is 2. The third-order valence-corrected chi connectivity index (χ3v) is 2.92. The summed E-state index contributed by atoms with van der Waals surface area (Å²) >= 11 is 11.5. The Hall–Kier alpha value is -1.16. The van der Waals surface area contributed by atoms with E-state index in [0.717, 1.165) is 23.8 Å². The van der Waals surface area contributed by atoms with E-state index < -0.39 is 0 Å². The van der Waals surface area contributed by atoms with Crippen LogP contribution in [0.15, 0.2) is 36.7 Å². The summed E-state index contributed by atoms with van der Waals surface area (Å²) in [5.74, 6) is 0. The quantitative estimate of drug-likeness (QED) is 0.860. The molecule has 1 heterocycles. The maximum atomic E-state index is 5.85. The Morgan fingerprint density at radius 2 is 1.72 bits per heavy atom. The summed E-state index contributed by atoms with van der Waals surface area (Å²) in [7, 11) is 2.03. The predicted octanol–water partition coefficient (Wildman–Crippen LogP) is 3.42. The minimum Gasteiger partial charge on any atom is -0.296 e. The van der Waals surface area contributed by atoms with Crippen molar-refractivity contribution in [3.63, 3.8) is 0 Å². The normalized spacial score (nSPS) is 10.9. The van der Waals surface area contributed by atoms with Crippen LogP contribution in [0.1, 0.15) is 11.3 Å². The first-order valence-corrected chi connectivity index (χ1v) is 6.28. The van der Waals surface area contributed by atoms with Gasteiger partial charge in [-0.2, -0.15) is 0 Å². The molecule has 3 nitrogen and oxygen atoms in total. The van der Waals surface area contributed by atoms with Gasteiger partial charge in [0.05, 0.1) is 18.1 Å². The molecule has 2 rings (SSSR count). The maximum absolute atomic E-state index is 5.85. The van der Waals surface area contributed by atoms with E-state index in [9.17, 15) is 0 Å². The number of aromatic nitrogens is 2. The molecule has 0 N–H and O–H groups in total. The molecule has 0 radical (unpaired) electrons. The number of rotatable bonds is 4. The van der Waals surface area contributed by atoms with Crippen LogP contribution in [0.2, 0.25) is 10.2 Å². The van der Waals surface area contributed by atoms with Crippen molar-refractivity contribution in [2.75, 3.05) is 7.05 Å². The summed E-state index contributed by atoms with van der Waals surface area (Å²) in [5.41, 5.74) is 2.11. The van der Waals surface area contributed by atoms with E-state index >= 15 is 0 Å². The molecule has 94 valence electrons. The van der Waals surface area contributed by atoms with Crippen molar-refractivity contribution in [3.8, 4) is 0 Å². The third-order valence-electron chi connectivity index (χ3n) is 2.47. The van der Waals surface area contributed by atoms with Gasteiger partial charge >= 0.3 is 0 Å². The van der Waals surface area contributed by atoms with Crippen LogP contribution in [0.4, 0.5) is 0 Å². The molecule has 0 aliphatic carbocycles. The fourth-order valence-electron chi connectivity index (χ4n) is 1.65. The molecule has 18 heavy (non-hydrogen) atoms. The number of hydrogen-bond donors (Lipinski definition) is 0. The fraction of sp³-hybridized carbons (Fsp3) is 0.231. The Balaban J connectivity index is 1.94. The molecule has 0 fully saturated rings. The largest absolute Gasteiger partial charge is 0.296 e. The van der Waals surface area contributed by atoms with Gasteiger partial charge in [-0.15, -0.1) is 0 Å². The monoisotopic (exact) mass is 281 g/mol. The van der Waals surface area contributed by atoms with E-state index in [4.69, 9.17) is 23.2 Å². The van der Waals surface area contributed by atoms with Gasteiger partial charge in [0.15, 0.2) is 0 Å². The van der Waals surface area contributed by atoms with Gasteiger partial charge in [0.1, 0.15) is 5.15 Å². The lowest BCUT2D eigenvalue weighted by atomic mass is 10.2. The predicted molar refractivity (Wildman–Crippen MR) is 73.7 cm³/mol. The van der Waals surface area contributed by atoms with Crippen molar-refractivity contribution >= 4 is 23.2 Å². The molecule has 0 aliphatic rings. The van der Waals surface area contributed by atoms with Gasteiger partial charge in [0, 0.05) is 18.1 Å². The lowest BCUT2D eigenvalue weighted by Gasteiger charge is -2.16. The van der Waals surface area contributed by atoms with Gasteiger partial charge in [0.2, 0.25) is 0 Å². The van der Waals surface area contributed by atoms with Crippen LogP contribution in [-0.4, -0.2) is 21.9 Å². The highest BCUT2D eigenvalue weighted by Gasteiger charge is 2.03. The third kappa shape index (κ3) is 3.95.